The number of aliphatic hydroxyl groups is 8. The monoisotopic (exact) mass is 800 g/mol. The van der Waals surface area contributed by atoms with Gasteiger partial charge in [0.15, 0.2) is 18.9 Å². The van der Waals surface area contributed by atoms with Crippen molar-refractivity contribution in [3.63, 3.8) is 0 Å². The standard InChI is InChI=1S/C40H64O16/c1-16(42)26-24(50-6)14-23-21-8-7-19-13-20(9-11-39(19,4)22(21)10-12-40(23,26)5)53-38-35(56-37-32(48)30(46)28(44)18(3)52-37)33(49)34(25(15-41)54-38)55-36-31(47)29(45)27(43)17(2)51-36/h7,17-18,20-38,41,43-49H,8-15H2,1-6H3/t17-,18-,20-,21+,22-,23-,24+,25+,26?,27-,28-,29+,30+,31+,32+,33-,34+,35+,36-,37-,38+,39-,40-/m0/s1. The smallest absolute Gasteiger partial charge is 0.187 e. The van der Waals surface area contributed by atoms with Crippen LogP contribution in [0.3, 0.4) is 0 Å². The number of Topliss-reactive ketones (excluding diaryl/α,β-unsaturated/α-hetero) is 1. The van der Waals surface area contributed by atoms with Crippen molar-refractivity contribution in [3.8, 4) is 0 Å². The van der Waals surface area contributed by atoms with Gasteiger partial charge >= 0.3 is 0 Å². The highest BCUT2D eigenvalue weighted by molar-refractivity contribution is 5.80. The topological polar surface area (TPSA) is 244 Å². The molecule has 0 amide bonds. The number of fused-ring (bicyclic) bond motifs is 5. The fourth-order valence-corrected chi connectivity index (χ4v) is 11.9. The summed E-state index contributed by atoms with van der Waals surface area (Å²) in [6, 6.07) is 0. The number of rotatable bonds is 9. The van der Waals surface area contributed by atoms with Crippen LogP contribution in [0, 0.1) is 34.5 Å². The van der Waals surface area contributed by atoms with Gasteiger partial charge in [-0.25, -0.2) is 0 Å². The average molecular weight is 801 g/mol. The summed E-state index contributed by atoms with van der Waals surface area (Å²) < 4.78 is 42.2. The highest BCUT2D eigenvalue weighted by Crippen LogP contribution is 2.66. The summed E-state index contributed by atoms with van der Waals surface area (Å²) in [5.74, 6) is 1.33. The maximum atomic E-state index is 12.9. The van der Waals surface area contributed by atoms with Gasteiger partial charge in [0.05, 0.1) is 31.0 Å². The van der Waals surface area contributed by atoms with Crippen LogP contribution in [0.15, 0.2) is 11.6 Å². The molecule has 4 aliphatic carbocycles. The first kappa shape index (κ1) is 42.9. The quantitative estimate of drug-likeness (QED) is 0.139. The zero-order valence-electron chi connectivity index (χ0n) is 33.2. The van der Waals surface area contributed by atoms with Crippen molar-refractivity contribution in [2.24, 2.45) is 34.5 Å². The molecule has 23 atom stereocenters. The third kappa shape index (κ3) is 7.25. The lowest BCUT2D eigenvalue weighted by Crippen LogP contribution is -2.66. The molecule has 56 heavy (non-hydrogen) atoms. The van der Waals surface area contributed by atoms with Gasteiger partial charge in [0, 0.05) is 13.0 Å². The second-order valence-corrected chi connectivity index (χ2v) is 18.2. The number of ketones is 1. The van der Waals surface area contributed by atoms with Crippen molar-refractivity contribution in [3.05, 3.63) is 11.6 Å². The SMILES string of the molecule is CO[C@@H]1C[C@H]2[C@@H]3CC=C4C[C@@H](O[C@@H]5O[C@H](CO)[C@@H](O[C@@H]6O[C@@H](C)[C@H](O)[C@@H](O)[C@H]6O)[C@H](O)[C@H]5O[C@@H]5O[C@@H](C)[C@H](O)[C@@H](O)[C@H]5O)CC[C@]4(C)[C@H]3CC[C@]2(C)C1C(C)=O. The van der Waals surface area contributed by atoms with E-state index in [4.69, 9.17) is 33.2 Å². The van der Waals surface area contributed by atoms with Crippen molar-refractivity contribution in [1.82, 2.24) is 0 Å². The number of carbonyl (C=O) groups excluding carboxylic acids is 1. The van der Waals surface area contributed by atoms with E-state index in [0.29, 0.717) is 30.6 Å². The molecule has 7 rings (SSSR count). The van der Waals surface area contributed by atoms with Crippen molar-refractivity contribution in [2.45, 2.75) is 184 Å². The van der Waals surface area contributed by atoms with Crippen LogP contribution in [0.25, 0.3) is 0 Å². The van der Waals surface area contributed by atoms with Crippen molar-refractivity contribution in [1.29, 1.82) is 0 Å². The molecule has 6 fully saturated rings. The first-order valence-corrected chi connectivity index (χ1v) is 20.5. The van der Waals surface area contributed by atoms with Gasteiger partial charge in [-0.3, -0.25) is 4.79 Å². The van der Waals surface area contributed by atoms with Crippen LogP contribution < -0.4 is 0 Å². The minimum atomic E-state index is -1.72. The van der Waals surface area contributed by atoms with E-state index in [9.17, 15) is 45.6 Å². The fraction of sp³-hybridized carbons (Fsp3) is 0.925. The summed E-state index contributed by atoms with van der Waals surface area (Å²) in [5, 5.41) is 85.4. The van der Waals surface area contributed by atoms with Gasteiger partial charge in [-0.05, 0) is 94.3 Å². The Morgan fingerprint density at radius 2 is 1.38 bits per heavy atom. The van der Waals surface area contributed by atoms with Crippen LogP contribution >= 0.6 is 0 Å². The summed E-state index contributed by atoms with van der Waals surface area (Å²) in [5.41, 5.74) is 1.10. The van der Waals surface area contributed by atoms with E-state index >= 15 is 0 Å². The van der Waals surface area contributed by atoms with Crippen molar-refractivity contribution < 1.29 is 78.8 Å². The van der Waals surface area contributed by atoms with Crippen LogP contribution in [0.5, 0.6) is 0 Å². The van der Waals surface area contributed by atoms with E-state index < -0.39 is 105 Å². The van der Waals surface area contributed by atoms with Gasteiger partial charge < -0.3 is 74.0 Å². The van der Waals surface area contributed by atoms with Gasteiger partial charge in [0.1, 0.15) is 66.8 Å². The summed E-state index contributed by atoms with van der Waals surface area (Å²) in [4.78, 5) is 12.9. The van der Waals surface area contributed by atoms with E-state index in [1.807, 2.05) is 0 Å². The maximum Gasteiger partial charge on any atom is 0.187 e. The maximum absolute atomic E-state index is 12.9. The lowest BCUT2D eigenvalue weighted by atomic mass is 9.47. The van der Waals surface area contributed by atoms with Crippen molar-refractivity contribution >= 4 is 5.78 Å². The molecule has 3 saturated heterocycles. The van der Waals surface area contributed by atoms with E-state index in [1.54, 1.807) is 14.0 Å². The van der Waals surface area contributed by atoms with Crippen LogP contribution in [0.4, 0.5) is 0 Å². The molecule has 320 valence electrons. The highest BCUT2D eigenvalue weighted by Gasteiger charge is 2.63. The number of hydrogen-bond acceptors (Lipinski definition) is 16. The minimum absolute atomic E-state index is 0.0719. The average Bonchev–Trinajstić information content (AvgIpc) is 3.49. The zero-order chi connectivity index (χ0) is 40.6. The van der Waals surface area contributed by atoms with Gasteiger partial charge in [-0.1, -0.05) is 25.5 Å². The van der Waals surface area contributed by atoms with E-state index in [0.717, 1.165) is 32.1 Å². The first-order valence-electron chi connectivity index (χ1n) is 20.5. The second kappa shape index (κ2) is 16.3. The molecular formula is C40H64O16. The number of aliphatic hydroxyl groups excluding tert-OH is 8. The Morgan fingerprint density at radius 1 is 0.768 bits per heavy atom. The van der Waals surface area contributed by atoms with E-state index in [1.165, 1.54) is 19.4 Å². The second-order valence-electron chi connectivity index (χ2n) is 18.2. The summed E-state index contributed by atoms with van der Waals surface area (Å²) in [6.45, 7) is 8.64. The number of allylic oxidation sites excluding steroid dienone is 1. The molecule has 0 bridgehead atoms. The molecule has 3 saturated carbocycles. The molecule has 1 unspecified atom stereocenters. The number of methoxy groups -OCH3 is 1. The highest BCUT2D eigenvalue weighted by atomic mass is 16.8. The van der Waals surface area contributed by atoms with Crippen LogP contribution in [-0.2, 0) is 38.0 Å². The summed E-state index contributed by atoms with van der Waals surface area (Å²) in [7, 11) is 1.71. The third-order valence-electron chi connectivity index (χ3n) is 15.1. The van der Waals surface area contributed by atoms with E-state index in [-0.39, 0.29) is 28.6 Å². The van der Waals surface area contributed by atoms with Gasteiger partial charge in [-0.2, -0.15) is 0 Å². The first-order chi connectivity index (χ1) is 26.4. The molecule has 0 aromatic rings. The molecule has 16 heteroatoms. The molecule has 0 aromatic carbocycles. The van der Waals surface area contributed by atoms with Crippen LogP contribution in [-0.4, -0.2) is 165 Å². The molecular weight excluding hydrogens is 736 g/mol. The number of hydrogen-bond donors (Lipinski definition) is 8. The summed E-state index contributed by atoms with van der Waals surface area (Å²) in [6.07, 6.45) is -13.9. The molecule has 0 spiro atoms. The molecule has 16 nitrogen and oxygen atoms in total. The Hall–Kier alpha value is -1.19. The Kier molecular flexibility index (Phi) is 12.5. The Labute approximate surface area is 328 Å². The molecule has 8 N–H and O–H groups in total. The predicted molar refractivity (Wildman–Crippen MR) is 193 cm³/mol. The lowest BCUT2D eigenvalue weighted by Gasteiger charge is -2.58. The zero-order valence-corrected chi connectivity index (χ0v) is 33.2. The van der Waals surface area contributed by atoms with Gasteiger partial charge in [-0.15, -0.1) is 0 Å². The summed E-state index contributed by atoms with van der Waals surface area (Å²) >= 11 is 0. The van der Waals surface area contributed by atoms with E-state index in [2.05, 4.69) is 19.9 Å². The predicted octanol–water partition coefficient (Wildman–Crippen LogP) is -0.332. The Bertz CT molecular complexity index is 1430. The molecule has 0 aromatic heterocycles. The molecule has 3 aliphatic heterocycles. The molecule has 7 aliphatic rings. The minimum Gasteiger partial charge on any atom is -0.394 e. The number of carbonyl (C=O) groups is 1. The third-order valence-corrected chi connectivity index (χ3v) is 15.1. The van der Waals surface area contributed by atoms with Gasteiger partial charge in [0.2, 0.25) is 0 Å². The largest absolute Gasteiger partial charge is 0.394 e. The Balaban J connectivity index is 1.11. The molecule has 3 heterocycles. The molecule has 0 radical (unpaired) electrons. The van der Waals surface area contributed by atoms with Gasteiger partial charge in [0.25, 0.3) is 0 Å². The normalized spacial score (nSPS) is 54.8. The number of ether oxygens (including phenoxy) is 7. The van der Waals surface area contributed by atoms with Crippen molar-refractivity contribution in [2.75, 3.05) is 13.7 Å². The fourth-order valence-electron chi connectivity index (χ4n) is 11.9. The van der Waals surface area contributed by atoms with Crippen LogP contribution in [0.2, 0.25) is 0 Å². The van der Waals surface area contributed by atoms with Crippen LogP contribution in [0.1, 0.15) is 79.6 Å². The lowest BCUT2D eigenvalue weighted by molar-refractivity contribution is -0.388. The Morgan fingerprint density at radius 3 is 1.95 bits per heavy atom.